The van der Waals surface area contributed by atoms with Crippen LogP contribution in [0.2, 0.25) is 0 Å². The Balaban J connectivity index is 1.44. The minimum Gasteiger partial charge on any atom is -0.507 e. The first-order chi connectivity index (χ1) is 15.1. The van der Waals surface area contributed by atoms with Crippen LogP contribution in [0.5, 0.6) is 5.75 Å². The van der Waals surface area contributed by atoms with Gasteiger partial charge in [-0.15, -0.1) is 0 Å². The summed E-state index contributed by atoms with van der Waals surface area (Å²) in [7, 11) is 0. The number of morpholine rings is 1. The van der Waals surface area contributed by atoms with Crippen LogP contribution >= 0.6 is 0 Å². The predicted molar refractivity (Wildman–Crippen MR) is 125 cm³/mol. The van der Waals surface area contributed by atoms with E-state index in [9.17, 15) is 5.11 Å². The van der Waals surface area contributed by atoms with Crippen LogP contribution in [0.1, 0.15) is 11.1 Å². The molecular formula is C25H26N4O2. The lowest BCUT2D eigenvalue weighted by molar-refractivity contribution is 0.122. The zero-order chi connectivity index (χ0) is 21.4. The van der Waals surface area contributed by atoms with Crippen LogP contribution < -0.4 is 10.2 Å². The van der Waals surface area contributed by atoms with Gasteiger partial charge in [0.2, 0.25) is 0 Å². The van der Waals surface area contributed by atoms with Crippen molar-refractivity contribution >= 4 is 22.7 Å². The van der Waals surface area contributed by atoms with Crippen molar-refractivity contribution in [2.45, 2.75) is 13.8 Å². The quantitative estimate of drug-likeness (QED) is 0.497. The number of nitrogens with zero attached hydrogens (tertiary/aromatic N) is 3. The van der Waals surface area contributed by atoms with E-state index in [0.29, 0.717) is 5.75 Å². The van der Waals surface area contributed by atoms with E-state index >= 15 is 0 Å². The predicted octanol–water partition coefficient (Wildman–Crippen LogP) is 4.90. The van der Waals surface area contributed by atoms with Gasteiger partial charge < -0.3 is 20.1 Å². The molecule has 6 heteroatoms. The van der Waals surface area contributed by atoms with Crippen LogP contribution in [0.4, 0.5) is 17.1 Å². The second-order valence-electron chi connectivity index (χ2n) is 7.98. The van der Waals surface area contributed by atoms with Crippen LogP contribution in [0.3, 0.4) is 0 Å². The zero-order valence-electron chi connectivity index (χ0n) is 17.8. The Hall–Kier alpha value is -3.51. The highest BCUT2D eigenvalue weighted by Gasteiger charge is 2.13. The molecule has 1 saturated heterocycles. The Kier molecular flexibility index (Phi) is 5.00. The van der Waals surface area contributed by atoms with Gasteiger partial charge in [0.1, 0.15) is 5.75 Å². The van der Waals surface area contributed by atoms with Crippen molar-refractivity contribution in [2.75, 3.05) is 36.5 Å². The summed E-state index contributed by atoms with van der Waals surface area (Å²) in [5.74, 6) is 0.351. The number of rotatable bonds is 4. The number of fused-ring (bicyclic) bond motifs is 1. The molecule has 0 unspecified atom stereocenters. The molecule has 1 aliphatic rings. The summed E-state index contributed by atoms with van der Waals surface area (Å²) in [6.07, 6.45) is 3.78. The van der Waals surface area contributed by atoms with E-state index in [-0.39, 0.29) is 0 Å². The smallest absolute Gasteiger partial charge is 0.161 e. The molecule has 1 aliphatic heterocycles. The maximum absolute atomic E-state index is 10.1. The van der Waals surface area contributed by atoms with Gasteiger partial charge in [-0.2, -0.15) is 0 Å². The zero-order valence-corrected chi connectivity index (χ0v) is 17.8. The van der Waals surface area contributed by atoms with E-state index in [1.165, 1.54) is 5.69 Å². The summed E-state index contributed by atoms with van der Waals surface area (Å²) in [6.45, 7) is 7.27. The minimum atomic E-state index is 0.351. The number of aromatic hydroxyl groups is 1. The number of pyridine rings is 1. The highest BCUT2D eigenvalue weighted by Crippen LogP contribution is 2.32. The first kappa shape index (κ1) is 19.5. The van der Waals surface area contributed by atoms with E-state index < -0.39 is 0 Å². The minimum absolute atomic E-state index is 0.351. The highest BCUT2D eigenvalue weighted by atomic mass is 16.5. The summed E-state index contributed by atoms with van der Waals surface area (Å²) in [5.41, 5.74) is 7.86. The lowest BCUT2D eigenvalue weighted by Crippen LogP contribution is -2.36. The van der Waals surface area contributed by atoms with Crippen LogP contribution in [-0.2, 0) is 4.74 Å². The maximum atomic E-state index is 10.1. The molecule has 2 aromatic heterocycles. The number of hydrogen-bond acceptors (Lipinski definition) is 5. The second kappa shape index (κ2) is 7.96. The van der Waals surface area contributed by atoms with E-state index in [1.54, 1.807) is 0 Å². The highest BCUT2D eigenvalue weighted by molar-refractivity contribution is 5.79. The molecule has 0 bridgehead atoms. The largest absolute Gasteiger partial charge is 0.507 e. The molecule has 6 nitrogen and oxygen atoms in total. The Morgan fingerprint density at radius 3 is 2.39 bits per heavy atom. The summed E-state index contributed by atoms with van der Waals surface area (Å²) in [6, 6.07) is 16.7. The average molecular weight is 415 g/mol. The first-order valence-electron chi connectivity index (χ1n) is 10.6. The number of anilines is 3. The van der Waals surface area contributed by atoms with Gasteiger partial charge in [0.15, 0.2) is 5.65 Å². The topological polar surface area (TPSA) is 62.0 Å². The van der Waals surface area contributed by atoms with Gasteiger partial charge >= 0.3 is 0 Å². The molecule has 0 amide bonds. The third-order valence-corrected chi connectivity index (χ3v) is 5.86. The Morgan fingerprint density at radius 2 is 1.68 bits per heavy atom. The molecule has 0 atom stereocenters. The van der Waals surface area contributed by atoms with Crippen LogP contribution in [-0.4, -0.2) is 40.8 Å². The monoisotopic (exact) mass is 414 g/mol. The fourth-order valence-electron chi connectivity index (χ4n) is 4.18. The molecule has 2 aromatic carbocycles. The van der Waals surface area contributed by atoms with Crippen LogP contribution in [0.15, 0.2) is 60.9 Å². The molecule has 3 heterocycles. The third-order valence-electron chi connectivity index (χ3n) is 5.86. The van der Waals surface area contributed by atoms with Crippen molar-refractivity contribution in [3.8, 4) is 17.0 Å². The summed E-state index contributed by atoms with van der Waals surface area (Å²) >= 11 is 0. The van der Waals surface area contributed by atoms with Crippen molar-refractivity contribution in [3.63, 3.8) is 0 Å². The molecule has 5 rings (SSSR count). The molecule has 0 aliphatic carbocycles. The fraction of sp³-hybridized carbons (Fsp3) is 0.240. The van der Waals surface area contributed by atoms with Gasteiger partial charge in [-0.1, -0.05) is 0 Å². The molecule has 0 radical (unpaired) electrons. The standard InChI is InChI=1S/C25H26N4O2/c1-17-15-19(16-18(2)24(17)30)23-8-7-22(25-26-9-10-29(23)25)27-20-3-5-21(6-4-20)28-11-13-31-14-12-28/h3-10,15-16,27,30H,11-14H2,1-2H3. The normalized spacial score (nSPS) is 14.2. The van der Waals surface area contributed by atoms with E-state index in [4.69, 9.17) is 4.74 Å². The lowest BCUT2D eigenvalue weighted by atomic mass is 10.0. The Bertz CT molecular complexity index is 1200. The van der Waals surface area contributed by atoms with E-state index in [2.05, 4.69) is 56.0 Å². The van der Waals surface area contributed by atoms with Gasteiger partial charge in [0, 0.05) is 36.9 Å². The average Bonchev–Trinajstić information content (AvgIpc) is 3.29. The number of imidazole rings is 1. The third kappa shape index (κ3) is 3.70. The number of phenolic OH excluding ortho intramolecular Hbond substituents is 1. The number of ether oxygens (including phenoxy) is 1. The molecule has 4 aromatic rings. The van der Waals surface area contributed by atoms with Gasteiger partial charge in [-0.05, 0) is 79.1 Å². The molecular weight excluding hydrogens is 388 g/mol. The number of aromatic nitrogens is 2. The number of hydrogen-bond donors (Lipinski definition) is 2. The number of benzene rings is 2. The maximum Gasteiger partial charge on any atom is 0.161 e. The number of aryl methyl sites for hydroxylation is 2. The van der Waals surface area contributed by atoms with E-state index in [0.717, 1.165) is 65.7 Å². The van der Waals surface area contributed by atoms with Crippen LogP contribution in [0.25, 0.3) is 16.9 Å². The van der Waals surface area contributed by atoms with Gasteiger partial charge in [-0.25, -0.2) is 4.98 Å². The molecule has 0 spiro atoms. The molecule has 1 fully saturated rings. The summed E-state index contributed by atoms with van der Waals surface area (Å²) in [5, 5.41) is 13.6. The van der Waals surface area contributed by atoms with Gasteiger partial charge in [-0.3, -0.25) is 4.40 Å². The first-order valence-corrected chi connectivity index (χ1v) is 10.6. The molecule has 2 N–H and O–H groups in total. The second-order valence-corrected chi connectivity index (χ2v) is 7.98. The van der Waals surface area contributed by atoms with Crippen molar-refractivity contribution < 1.29 is 9.84 Å². The SMILES string of the molecule is Cc1cc(-c2ccc(Nc3ccc(N4CCOCC4)cc3)c3nccn23)cc(C)c1O. The molecule has 0 saturated carbocycles. The van der Waals surface area contributed by atoms with Crippen molar-refractivity contribution in [3.05, 3.63) is 72.1 Å². The van der Waals surface area contributed by atoms with Gasteiger partial charge in [0.25, 0.3) is 0 Å². The molecule has 31 heavy (non-hydrogen) atoms. The van der Waals surface area contributed by atoms with Crippen molar-refractivity contribution in [1.29, 1.82) is 0 Å². The van der Waals surface area contributed by atoms with E-state index in [1.807, 2.05) is 38.4 Å². The fourth-order valence-corrected chi connectivity index (χ4v) is 4.18. The van der Waals surface area contributed by atoms with Crippen molar-refractivity contribution in [2.24, 2.45) is 0 Å². The number of phenols is 1. The van der Waals surface area contributed by atoms with Crippen molar-refractivity contribution in [1.82, 2.24) is 9.38 Å². The number of nitrogens with one attached hydrogen (secondary N) is 1. The summed E-state index contributed by atoms with van der Waals surface area (Å²) in [4.78, 5) is 6.93. The molecule has 158 valence electrons. The Morgan fingerprint density at radius 1 is 0.968 bits per heavy atom. The van der Waals surface area contributed by atoms with Crippen LogP contribution in [0, 0.1) is 13.8 Å². The lowest BCUT2D eigenvalue weighted by Gasteiger charge is -2.29. The van der Waals surface area contributed by atoms with Gasteiger partial charge in [0.05, 0.1) is 24.6 Å². The summed E-state index contributed by atoms with van der Waals surface area (Å²) < 4.78 is 7.52. The Labute approximate surface area is 181 Å².